The summed E-state index contributed by atoms with van der Waals surface area (Å²) in [6, 6.07) is 18.5. The lowest BCUT2D eigenvalue weighted by Gasteiger charge is -2.31. The molecular formula is C26H22Cl3N3O2. The summed E-state index contributed by atoms with van der Waals surface area (Å²) < 4.78 is 1.55. The number of nitrogens with zero attached hydrogens (tertiary/aromatic N) is 3. The van der Waals surface area contributed by atoms with E-state index in [2.05, 4.69) is 0 Å². The number of carbonyl (C=O) groups excluding carboxylic acids is 1. The van der Waals surface area contributed by atoms with Crippen molar-refractivity contribution >= 4 is 51.6 Å². The summed E-state index contributed by atoms with van der Waals surface area (Å²) in [4.78, 5) is 33.8. The molecule has 0 aliphatic heterocycles. The number of aromatic nitrogens is 2. The molecule has 0 N–H and O–H groups in total. The highest BCUT2D eigenvalue weighted by Crippen LogP contribution is 2.29. The van der Waals surface area contributed by atoms with Gasteiger partial charge in [-0.05, 0) is 61.9 Å². The van der Waals surface area contributed by atoms with Crippen molar-refractivity contribution in [2.75, 3.05) is 6.54 Å². The Balaban J connectivity index is 1.93. The minimum Gasteiger partial charge on any atom is -0.329 e. The van der Waals surface area contributed by atoms with Crippen LogP contribution in [0, 0.1) is 0 Å². The lowest BCUT2D eigenvalue weighted by molar-refractivity contribution is 0.0672. The van der Waals surface area contributed by atoms with Gasteiger partial charge in [-0.1, -0.05) is 59.9 Å². The Morgan fingerprint density at radius 2 is 1.74 bits per heavy atom. The van der Waals surface area contributed by atoms with E-state index < -0.39 is 6.04 Å². The fourth-order valence-corrected chi connectivity index (χ4v) is 4.56. The summed E-state index contributed by atoms with van der Waals surface area (Å²) in [5.74, 6) is 0.233. The second-order valence-electron chi connectivity index (χ2n) is 7.75. The van der Waals surface area contributed by atoms with Crippen LogP contribution in [0.4, 0.5) is 0 Å². The summed E-state index contributed by atoms with van der Waals surface area (Å²) >= 11 is 18.5. The summed E-state index contributed by atoms with van der Waals surface area (Å²) in [5.41, 5.74) is 1.34. The molecule has 4 rings (SSSR count). The van der Waals surface area contributed by atoms with E-state index >= 15 is 0 Å². The number of carbonyl (C=O) groups is 1. The third-order valence-corrected chi connectivity index (χ3v) is 6.67. The van der Waals surface area contributed by atoms with Crippen LogP contribution < -0.4 is 5.56 Å². The van der Waals surface area contributed by atoms with Gasteiger partial charge in [-0.3, -0.25) is 14.2 Å². The summed E-state index contributed by atoms with van der Waals surface area (Å²) in [6.45, 7) is 4.25. The predicted octanol–water partition coefficient (Wildman–Crippen LogP) is 6.96. The standard InChI is InChI=1S/C26H22Cl3N3O2/c1-3-23(31(4-2)25(33)16-12-13-20(28)21(29)14-16)24-30-22-11-6-5-10-19(22)26(34)32(24)18-9-7-8-17(27)15-18/h5-15,23H,3-4H2,1-2H3. The first-order valence-electron chi connectivity index (χ1n) is 10.9. The van der Waals surface area contributed by atoms with Gasteiger partial charge in [0.2, 0.25) is 0 Å². The summed E-state index contributed by atoms with van der Waals surface area (Å²) in [5, 5.41) is 1.66. The molecule has 0 radical (unpaired) electrons. The molecule has 3 aromatic carbocycles. The Bertz CT molecular complexity index is 1430. The summed E-state index contributed by atoms with van der Waals surface area (Å²) in [6.07, 6.45) is 0.534. The van der Waals surface area contributed by atoms with E-state index in [0.717, 1.165) is 0 Å². The van der Waals surface area contributed by atoms with Crippen molar-refractivity contribution in [3.05, 3.63) is 104 Å². The monoisotopic (exact) mass is 513 g/mol. The van der Waals surface area contributed by atoms with Gasteiger partial charge in [0.15, 0.2) is 0 Å². The number of hydrogen-bond acceptors (Lipinski definition) is 3. The zero-order valence-corrected chi connectivity index (χ0v) is 20.9. The smallest absolute Gasteiger partial charge is 0.266 e. The fraction of sp³-hybridized carbons (Fsp3) is 0.192. The van der Waals surface area contributed by atoms with E-state index in [9.17, 15) is 9.59 Å². The van der Waals surface area contributed by atoms with Crippen LogP contribution in [0.5, 0.6) is 0 Å². The Hall–Kier alpha value is -2.86. The maximum Gasteiger partial charge on any atom is 0.266 e. The maximum atomic E-state index is 13.7. The molecule has 1 heterocycles. The number of fused-ring (bicyclic) bond motifs is 1. The van der Waals surface area contributed by atoms with Crippen molar-refractivity contribution in [2.24, 2.45) is 0 Å². The van der Waals surface area contributed by atoms with Gasteiger partial charge in [0.25, 0.3) is 11.5 Å². The van der Waals surface area contributed by atoms with Crippen LogP contribution >= 0.6 is 34.8 Å². The van der Waals surface area contributed by atoms with Gasteiger partial charge in [-0.25, -0.2) is 4.98 Å². The molecular weight excluding hydrogens is 493 g/mol. The molecule has 0 saturated heterocycles. The van der Waals surface area contributed by atoms with E-state index in [4.69, 9.17) is 39.8 Å². The average molecular weight is 515 g/mol. The van der Waals surface area contributed by atoms with Crippen molar-refractivity contribution in [3.63, 3.8) is 0 Å². The highest BCUT2D eigenvalue weighted by molar-refractivity contribution is 6.42. The number of amides is 1. The molecule has 4 aromatic rings. The zero-order valence-electron chi connectivity index (χ0n) is 18.6. The Kier molecular flexibility index (Phi) is 7.27. The van der Waals surface area contributed by atoms with Crippen molar-refractivity contribution in [1.29, 1.82) is 0 Å². The van der Waals surface area contributed by atoms with Crippen molar-refractivity contribution in [2.45, 2.75) is 26.3 Å². The van der Waals surface area contributed by atoms with Crippen LogP contribution in [0.3, 0.4) is 0 Å². The van der Waals surface area contributed by atoms with E-state index in [1.165, 1.54) is 0 Å². The molecule has 1 unspecified atom stereocenters. The number of para-hydroxylation sites is 1. The Morgan fingerprint density at radius 1 is 0.971 bits per heavy atom. The van der Waals surface area contributed by atoms with Crippen molar-refractivity contribution in [3.8, 4) is 5.69 Å². The number of rotatable bonds is 6. The molecule has 0 spiro atoms. The van der Waals surface area contributed by atoms with Crippen LogP contribution in [0.1, 0.15) is 42.5 Å². The number of halogens is 3. The molecule has 0 saturated carbocycles. The molecule has 34 heavy (non-hydrogen) atoms. The van der Waals surface area contributed by atoms with Gasteiger partial charge < -0.3 is 4.90 Å². The lowest BCUT2D eigenvalue weighted by Crippen LogP contribution is -2.38. The molecule has 0 bridgehead atoms. The molecule has 1 amide bonds. The number of hydrogen-bond donors (Lipinski definition) is 0. The summed E-state index contributed by atoms with van der Waals surface area (Å²) in [7, 11) is 0. The molecule has 0 fully saturated rings. The third kappa shape index (κ3) is 4.56. The van der Waals surface area contributed by atoms with Gasteiger partial charge >= 0.3 is 0 Å². The van der Waals surface area contributed by atoms with Crippen LogP contribution in [-0.2, 0) is 0 Å². The van der Waals surface area contributed by atoms with Crippen LogP contribution in [-0.4, -0.2) is 26.9 Å². The normalized spacial score (nSPS) is 12.0. The fourth-order valence-electron chi connectivity index (χ4n) is 4.08. The molecule has 1 aromatic heterocycles. The van der Waals surface area contributed by atoms with Crippen molar-refractivity contribution < 1.29 is 4.79 Å². The molecule has 1 atom stereocenters. The van der Waals surface area contributed by atoms with Crippen LogP contribution in [0.2, 0.25) is 15.1 Å². The largest absolute Gasteiger partial charge is 0.329 e. The average Bonchev–Trinajstić information content (AvgIpc) is 2.83. The molecule has 5 nitrogen and oxygen atoms in total. The van der Waals surface area contributed by atoms with Gasteiger partial charge in [0, 0.05) is 17.1 Å². The third-order valence-electron chi connectivity index (χ3n) is 5.70. The second kappa shape index (κ2) is 10.2. The van der Waals surface area contributed by atoms with E-state index in [0.29, 0.717) is 56.0 Å². The van der Waals surface area contributed by atoms with E-state index in [1.54, 1.807) is 70.1 Å². The highest BCUT2D eigenvalue weighted by atomic mass is 35.5. The minimum atomic E-state index is -0.483. The van der Waals surface area contributed by atoms with Crippen LogP contribution in [0.25, 0.3) is 16.6 Å². The lowest BCUT2D eigenvalue weighted by atomic mass is 10.1. The Labute approximate surface area is 212 Å². The maximum absolute atomic E-state index is 13.7. The molecule has 8 heteroatoms. The van der Waals surface area contributed by atoms with Gasteiger partial charge in [-0.15, -0.1) is 0 Å². The Morgan fingerprint density at radius 3 is 2.41 bits per heavy atom. The predicted molar refractivity (Wildman–Crippen MR) is 139 cm³/mol. The van der Waals surface area contributed by atoms with Crippen molar-refractivity contribution in [1.82, 2.24) is 14.5 Å². The first-order valence-corrected chi connectivity index (χ1v) is 12.0. The van der Waals surface area contributed by atoms with E-state index in [1.807, 2.05) is 19.9 Å². The minimum absolute atomic E-state index is 0.223. The van der Waals surface area contributed by atoms with Gasteiger partial charge in [0.1, 0.15) is 5.82 Å². The van der Waals surface area contributed by atoms with E-state index in [-0.39, 0.29) is 11.5 Å². The SMILES string of the molecule is CCC(c1nc2ccccc2c(=O)n1-c1cccc(Cl)c1)N(CC)C(=O)c1ccc(Cl)c(Cl)c1. The molecule has 0 aliphatic carbocycles. The first kappa shape index (κ1) is 24.3. The van der Waals surface area contributed by atoms with Gasteiger partial charge in [0.05, 0.1) is 32.7 Å². The highest BCUT2D eigenvalue weighted by Gasteiger charge is 2.29. The number of benzene rings is 3. The van der Waals surface area contributed by atoms with Crippen LogP contribution in [0.15, 0.2) is 71.5 Å². The topological polar surface area (TPSA) is 55.2 Å². The van der Waals surface area contributed by atoms with Gasteiger partial charge in [-0.2, -0.15) is 0 Å². The zero-order chi connectivity index (χ0) is 24.4. The molecule has 0 aliphatic rings. The quantitative estimate of drug-likeness (QED) is 0.279. The second-order valence-corrected chi connectivity index (χ2v) is 9.00. The molecule has 174 valence electrons. The first-order chi connectivity index (χ1) is 16.3.